The third-order valence-electron chi connectivity index (χ3n) is 2.63. The van der Waals surface area contributed by atoms with Crippen molar-refractivity contribution in [2.75, 3.05) is 5.32 Å². The number of alkyl halides is 3. The molecule has 0 radical (unpaired) electrons. The Morgan fingerprint density at radius 2 is 2.09 bits per heavy atom. The minimum absolute atomic E-state index is 0.00718. The number of amides is 1. The van der Waals surface area contributed by atoms with Crippen LogP contribution >= 0.6 is 15.9 Å². The van der Waals surface area contributed by atoms with Crippen LogP contribution in [0.25, 0.3) is 0 Å². The van der Waals surface area contributed by atoms with Gasteiger partial charge in [0.15, 0.2) is 0 Å². The van der Waals surface area contributed by atoms with Crippen LogP contribution in [-0.2, 0) is 13.6 Å². The van der Waals surface area contributed by atoms with Gasteiger partial charge in [0.05, 0.1) is 6.33 Å². The monoisotopic (exact) mass is 378 g/mol. The fourth-order valence-electron chi connectivity index (χ4n) is 1.72. The van der Waals surface area contributed by atoms with Crippen LogP contribution in [0.15, 0.2) is 34.1 Å². The van der Waals surface area contributed by atoms with E-state index in [1.807, 2.05) is 0 Å². The van der Waals surface area contributed by atoms with Gasteiger partial charge in [-0.05, 0) is 22.0 Å². The van der Waals surface area contributed by atoms with E-state index in [4.69, 9.17) is 0 Å². The van der Waals surface area contributed by atoms with Crippen molar-refractivity contribution in [3.05, 3.63) is 45.3 Å². The van der Waals surface area contributed by atoms with Crippen LogP contribution < -0.4 is 10.9 Å². The van der Waals surface area contributed by atoms with Crippen molar-refractivity contribution in [3.63, 3.8) is 0 Å². The maximum absolute atomic E-state index is 12.2. The molecule has 2 heterocycles. The number of hydrogen-bond acceptors (Lipinski definition) is 3. The number of nitrogens with zero attached hydrogens (tertiary/aromatic N) is 3. The Kier molecular flexibility index (Phi) is 4.40. The van der Waals surface area contributed by atoms with E-state index in [1.165, 1.54) is 23.9 Å². The van der Waals surface area contributed by atoms with E-state index >= 15 is 0 Å². The molecule has 0 atom stereocenters. The molecule has 1 amide bonds. The Bertz CT molecular complexity index is 766. The normalized spacial score (nSPS) is 11.5. The van der Waals surface area contributed by atoms with Gasteiger partial charge in [0.25, 0.3) is 11.5 Å². The first-order valence-electron chi connectivity index (χ1n) is 5.92. The molecule has 2 aromatic rings. The number of nitrogens with one attached hydrogen (secondary N) is 1. The predicted octanol–water partition coefficient (Wildman–Crippen LogP) is 2.16. The summed E-state index contributed by atoms with van der Waals surface area (Å²) in [6.07, 6.45) is -1.03. The highest BCUT2D eigenvalue weighted by molar-refractivity contribution is 9.10. The third kappa shape index (κ3) is 3.97. The molecule has 1 N–H and O–H groups in total. The highest BCUT2D eigenvalue weighted by atomic mass is 79.9. The second kappa shape index (κ2) is 5.95. The zero-order chi connectivity index (χ0) is 16.5. The quantitative estimate of drug-likeness (QED) is 0.889. The lowest BCUT2D eigenvalue weighted by Gasteiger charge is -2.06. The van der Waals surface area contributed by atoms with E-state index in [0.717, 1.165) is 17.1 Å². The first-order chi connectivity index (χ1) is 10.2. The molecule has 0 unspecified atom stereocenters. The maximum Gasteiger partial charge on any atom is 0.406 e. The average Bonchev–Trinajstić information content (AvgIpc) is 2.81. The van der Waals surface area contributed by atoms with Crippen LogP contribution in [0, 0.1) is 0 Å². The zero-order valence-corrected chi connectivity index (χ0v) is 12.8. The van der Waals surface area contributed by atoms with Crippen molar-refractivity contribution in [3.8, 4) is 0 Å². The molecule has 22 heavy (non-hydrogen) atoms. The zero-order valence-electron chi connectivity index (χ0n) is 11.2. The van der Waals surface area contributed by atoms with Gasteiger partial charge in [-0.3, -0.25) is 9.59 Å². The molecule has 2 rings (SSSR count). The van der Waals surface area contributed by atoms with E-state index in [9.17, 15) is 22.8 Å². The number of carbonyl (C=O) groups is 1. The number of aromatic nitrogens is 3. The number of anilines is 1. The maximum atomic E-state index is 12.2. The minimum Gasteiger partial charge on any atom is -0.328 e. The second-order valence-corrected chi connectivity index (χ2v) is 5.40. The lowest BCUT2D eigenvalue weighted by Crippen LogP contribution is -2.24. The summed E-state index contributed by atoms with van der Waals surface area (Å²) in [6, 6.07) is 1.40. The van der Waals surface area contributed by atoms with Crippen molar-refractivity contribution in [2.24, 2.45) is 7.05 Å². The van der Waals surface area contributed by atoms with E-state index in [0.29, 0.717) is 4.47 Å². The molecule has 6 nitrogen and oxygen atoms in total. The molecule has 0 bridgehead atoms. The number of aryl methyl sites for hydroxylation is 1. The smallest absolute Gasteiger partial charge is 0.328 e. The molecule has 0 saturated carbocycles. The van der Waals surface area contributed by atoms with Gasteiger partial charge in [-0.25, -0.2) is 4.98 Å². The van der Waals surface area contributed by atoms with Crippen LogP contribution in [0.4, 0.5) is 18.9 Å². The van der Waals surface area contributed by atoms with Gasteiger partial charge in [-0.15, -0.1) is 0 Å². The molecule has 2 aromatic heterocycles. The summed E-state index contributed by atoms with van der Waals surface area (Å²) in [4.78, 5) is 27.4. The van der Waals surface area contributed by atoms with Crippen molar-refractivity contribution in [1.82, 2.24) is 14.1 Å². The Morgan fingerprint density at radius 3 is 2.73 bits per heavy atom. The molecule has 0 spiro atoms. The Hall–Kier alpha value is -2.10. The minimum atomic E-state index is -4.41. The number of halogens is 4. The van der Waals surface area contributed by atoms with E-state index in [1.54, 1.807) is 0 Å². The number of carbonyl (C=O) groups excluding carboxylic acids is 1. The lowest BCUT2D eigenvalue weighted by atomic mass is 10.3. The molecule has 0 aliphatic heterocycles. The Balaban J connectivity index is 2.18. The van der Waals surface area contributed by atoms with Crippen LogP contribution in [-0.4, -0.2) is 26.2 Å². The second-order valence-electron chi connectivity index (χ2n) is 4.49. The number of rotatable bonds is 3. The molecule has 0 aliphatic carbocycles. The molecular weight excluding hydrogens is 369 g/mol. The fraction of sp³-hybridized carbons (Fsp3) is 0.250. The van der Waals surface area contributed by atoms with Crippen LogP contribution in [0.2, 0.25) is 0 Å². The molecule has 0 aliphatic rings. The third-order valence-corrected chi connectivity index (χ3v) is 3.06. The van der Waals surface area contributed by atoms with Gasteiger partial charge in [-0.1, -0.05) is 0 Å². The molecular formula is C12H10BrF3N4O2. The van der Waals surface area contributed by atoms with Gasteiger partial charge >= 0.3 is 6.18 Å². The number of hydrogen-bond donors (Lipinski definition) is 1. The predicted molar refractivity (Wildman–Crippen MR) is 75.6 cm³/mol. The Labute approximate surface area is 130 Å². The summed E-state index contributed by atoms with van der Waals surface area (Å²) in [6.45, 7) is -1.24. The highest BCUT2D eigenvalue weighted by Crippen LogP contribution is 2.17. The first kappa shape index (κ1) is 16.3. The summed E-state index contributed by atoms with van der Waals surface area (Å²) in [5, 5.41) is 2.32. The van der Waals surface area contributed by atoms with Crippen molar-refractivity contribution < 1.29 is 18.0 Å². The molecule has 0 saturated heterocycles. The van der Waals surface area contributed by atoms with Crippen LogP contribution in [0.5, 0.6) is 0 Å². The summed E-state index contributed by atoms with van der Waals surface area (Å²) < 4.78 is 39.3. The number of imidazole rings is 1. The lowest BCUT2D eigenvalue weighted by molar-refractivity contribution is -0.140. The van der Waals surface area contributed by atoms with Crippen molar-refractivity contribution in [1.29, 1.82) is 0 Å². The summed E-state index contributed by atoms with van der Waals surface area (Å²) in [5.41, 5.74) is -0.676. The summed E-state index contributed by atoms with van der Waals surface area (Å²) in [7, 11) is 1.50. The summed E-state index contributed by atoms with van der Waals surface area (Å²) in [5.74, 6) is -0.767. The van der Waals surface area contributed by atoms with E-state index in [-0.39, 0.29) is 11.4 Å². The standard InChI is InChI=1S/C12H10BrF3N4O2/c1-19-3-7(13)2-8(11(19)22)18-10(21)9-4-20(6-17-9)5-12(14,15)16/h2-4,6H,5H2,1H3,(H,18,21). The number of pyridine rings is 1. The largest absolute Gasteiger partial charge is 0.406 e. The van der Waals surface area contributed by atoms with Gasteiger partial charge in [0.2, 0.25) is 0 Å². The van der Waals surface area contributed by atoms with E-state index < -0.39 is 24.2 Å². The summed E-state index contributed by atoms with van der Waals surface area (Å²) >= 11 is 3.17. The Morgan fingerprint density at radius 1 is 1.41 bits per heavy atom. The highest BCUT2D eigenvalue weighted by Gasteiger charge is 2.28. The van der Waals surface area contributed by atoms with Crippen molar-refractivity contribution in [2.45, 2.75) is 12.7 Å². The topological polar surface area (TPSA) is 68.9 Å². The van der Waals surface area contributed by atoms with E-state index in [2.05, 4.69) is 26.2 Å². The SMILES string of the molecule is Cn1cc(Br)cc(NC(=O)c2cn(CC(F)(F)F)cn2)c1=O. The average molecular weight is 379 g/mol. The van der Waals surface area contributed by atoms with Crippen LogP contribution in [0.3, 0.4) is 0 Å². The van der Waals surface area contributed by atoms with Crippen LogP contribution in [0.1, 0.15) is 10.5 Å². The van der Waals surface area contributed by atoms with Crippen molar-refractivity contribution >= 4 is 27.5 Å². The van der Waals surface area contributed by atoms with Gasteiger partial charge in [0.1, 0.15) is 17.9 Å². The molecule has 0 fully saturated rings. The molecule has 118 valence electrons. The molecule has 10 heteroatoms. The van der Waals surface area contributed by atoms with Gasteiger partial charge in [-0.2, -0.15) is 13.2 Å². The van der Waals surface area contributed by atoms with Gasteiger partial charge < -0.3 is 14.5 Å². The molecule has 0 aromatic carbocycles. The fourth-order valence-corrected chi connectivity index (χ4v) is 2.25. The first-order valence-corrected chi connectivity index (χ1v) is 6.71. The van der Waals surface area contributed by atoms with Gasteiger partial charge in [0, 0.05) is 23.9 Å².